The maximum Gasteiger partial charge on any atom is 0.471 e. The number of para-hydroxylation sites is 1. The van der Waals surface area contributed by atoms with Crippen LogP contribution >= 0.6 is 23.2 Å². The largest absolute Gasteiger partial charge is 0.471 e. The van der Waals surface area contributed by atoms with E-state index in [0.717, 1.165) is 0 Å². The van der Waals surface area contributed by atoms with Gasteiger partial charge in [0.2, 0.25) is 0 Å². The summed E-state index contributed by atoms with van der Waals surface area (Å²) in [6.07, 6.45) is -3.94. The summed E-state index contributed by atoms with van der Waals surface area (Å²) in [5, 5.41) is 2.79. The van der Waals surface area contributed by atoms with Gasteiger partial charge in [-0.05, 0) is 25.0 Å². The SMILES string of the molecule is O=C(N[C@@H]1CCCN2c3cc(Cl)c(Cl)cc3Oc3ccccc3[C@H]12)C(F)(F)F. The first-order chi connectivity index (χ1) is 13.3. The molecule has 4 rings (SSSR count). The molecule has 4 nitrogen and oxygen atoms in total. The number of alkyl halides is 3. The van der Waals surface area contributed by atoms with E-state index < -0.39 is 24.2 Å². The normalized spacial score (nSPS) is 21.0. The molecular weight excluding hydrogens is 416 g/mol. The average molecular weight is 431 g/mol. The number of benzene rings is 2. The van der Waals surface area contributed by atoms with Crippen molar-refractivity contribution >= 4 is 34.8 Å². The fraction of sp³-hybridized carbons (Fsp3) is 0.316. The van der Waals surface area contributed by atoms with E-state index in [1.165, 1.54) is 0 Å². The van der Waals surface area contributed by atoms with Crippen LogP contribution < -0.4 is 15.0 Å². The lowest BCUT2D eigenvalue weighted by Gasteiger charge is -2.42. The van der Waals surface area contributed by atoms with Gasteiger partial charge in [-0.1, -0.05) is 41.4 Å². The molecule has 148 valence electrons. The molecule has 1 N–H and O–H groups in total. The van der Waals surface area contributed by atoms with E-state index in [9.17, 15) is 18.0 Å². The smallest absolute Gasteiger partial charge is 0.455 e. The van der Waals surface area contributed by atoms with Crippen LogP contribution in [0.1, 0.15) is 24.4 Å². The summed E-state index contributed by atoms with van der Waals surface area (Å²) < 4.78 is 44.6. The van der Waals surface area contributed by atoms with E-state index in [2.05, 4.69) is 5.32 Å². The second-order valence-corrected chi connectivity index (χ2v) is 7.55. The molecule has 0 saturated carbocycles. The average Bonchev–Trinajstić information content (AvgIpc) is 2.77. The summed E-state index contributed by atoms with van der Waals surface area (Å²) in [6.45, 7) is 0.575. The van der Waals surface area contributed by atoms with Crippen molar-refractivity contribution in [2.45, 2.75) is 31.1 Å². The van der Waals surface area contributed by atoms with Crippen molar-refractivity contribution in [1.82, 2.24) is 5.32 Å². The van der Waals surface area contributed by atoms with Crippen molar-refractivity contribution in [3.8, 4) is 11.5 Å². The minimum Gasteiger partial charge on any atom is -0.455 e. The van der Waals surface area contributed by atoms with Gasteiger partial charge in [-0.15, -0.1) is 0 Å². The summed E-state index contributed by atoms with van der Waals surface area (Å²) >= 11 is 12.3. The van der Waals surface area contributed by atoms with Crippen LogP contribution in [0.25, 0.3) is 0 Å². The van der Waals surface area contributed by atoms with Crippen LogP contribution in [0.15, 0.2) is 36.4 Å². The molecule has 2 aromatic rings. The van der Waals surface area contributed by atoms with Crippen LogP contribution in [0.4, 0.5) is 18.9 Å². The third kappa shape index (κ3) is 3.37. The second-order valence-electron chi connectivity index (χ2n) is 6.73. The van der Waals surface area contributed by atoms with Gasteiger partial charge in [-0.25, -0.2) is 0 Å². The minimum absolute atomic E-state index is 0.315. The predicted octanol–water partition coefficient (Wildman–Crippen LogP) is 5.49. The first-order valence-corrected chi connectivity index (χ1v) is 9.41. The third-order valence-corrected chi connectivity index (χ3v) is 5.70. The van der Waals surface area contributed by atoms with Gasteiger partial charge in [-0.2, -0.15) is 13.2 Å². The molecule has 0 bridgehead atoms. The zero-order valence-corrected chi connectivity index (χ0v) is 15.9. The topological polar surface area (TPSA) is 41.6 Å². The maximum atomic E-state index is 12.9. The van der Waals surface area contributed by atoms with E-state index in [-0.39, 0.29) is 0 Å². The second kappa shape index (κ2) is 7.04. The fourth-order valence-corrected chi connectivity index (χ4v) is 4.12. The molecule has 0 spiro atoms. The van der Waals surface area contributed by atoms with Crippen molar-refractivity contribution < 1.29 is 22.7 Å². The molecule has 1 saturated heterocycles. The lowest BCUT2D eigenvalue weighted by Crippen LogP contribution is -2.52. The number of hydrogen-bond donors (Lipinski definition) is 1. The monoisotopic (exact) mass is 430 g/mol. The first kappa shape index (κ1) is 19.2. The summed E-state index contributed by atoms with van der Waals surface area (Å²) in [6, 6.07) is 9.05. The number of piperidine rings is 1. The molecule has 2 atom stereocenters. The van der Waals surface area contributed by atoms with E-state index in [1.807, 2.05) is 4.90 Å². The summed E-state index contributed by atoms with van der Waals surface area (Å²) in [5.41, 5.74) is 1.32. The Morgan fingerprint density at radius 2 is 1.86 bits per heavy atom. The number of hydrogen-bond acceptors (Lipinski definition) is 3. The summed E-state index contributed by atoms with van der Waals surface area (Å²) in [7, 11) is 0. The first-order valence-electron chi connectivity index (χ1n) is 8.66. The van der Waals surface area contributed by atoms with Crippen LogP contribution in [0.2, 0.25) is 10.0 Å². The number of nitrogens with one attached hydrogen (secondary N) is 1. The van der Waals surface area contributed by atoms with Crippen molar-refractivity contribution in [2.75, 3.05) is 11.4 Å². The van der Waals surface area contributed by atoms with Crippen molar-refractivity contribution in [3.63, 3.8) is 0 Å². The van der Waals surface area contributed by atoms with E-state index in [1.54, 1.807) is 36.4 Å². The van der Waals surface area contributed by atoms with E-state index in [4.69, 9.17) is 27.9 Å². The van der Waals surface area contributed by atoms with Crippen LogP contribution in [-0.4, -0.2) is 24.7 Å². The lowest BCUT2D eigenvalue weighted by molar-refractivity contribution is -0.174. The van der Waals surface area contributed by atoms with Gasteiger partial charge in [0.1, 0.15) is 5.75 Å². The molecule has 0 radical (unpaired) electrons. The Morgan fingerprint density at radius 3 is 2.61 bits per heavy atom. The number of nitrogens with zero attached hydrogens (tertiary/aromatic N) is 1. The Balaban J connectivity index is 1.83. The number of carbonyl (C=O) groups is 1. The highest BCUT2D eigenvalue weighted by Gasteiger charge is 2.44. The quantitative estimate of drug-likeness (QED) is 0.650. The standard InChI is InChI=1S/C19H15Cl2F3N2O2/c20-11-8-14-16(9-12(11)21)28-15-6-2-1-4-10(15)17-13(5-3-7-26(14)17)25-18(27)19(22,23)24/h1-2,4,6,8-9,13,17H,3,5,7H2,(H,25,27)/t13-,17-/m1/s1. The van der Waals surface area contributed by atoms with Gasteiger partial charge in [0.15, 0.2) is 5.75 Å². The number of amides is 1. The van der Waals surface area contributed by atoms with Gasteiger partial charge in [-0.3, -0.25) is 4.79 Å². The van der Waals surface area contributed by atoms with Gasteiger partial charge in [0.25, 0.3) is 0 Å². The molecule has 0 aromatic heterocycles. The molecule has 2 aliphatic rings. The molecular formula is C19H15Cl2F3N2O2. The highest BCUT2D eigenvalue weighted by atomic mass is 35.5. The number of ether oxygens (including phenoxy) is 1. The van der Waals surface area contributed by atoms with Crippen LogP contribution in [0.5, 0.6) is 11.5 Å². The highest BCUT2D eigenvalue weighted by Crippen LogP contribution is 2.49. The molecule has 2 heterocycles. The maximum absolute atomic E-state index is 12.9. The highest BCUT2D eigenvalue weighted by molar-refractivity contribution is 6.42. The molecule has 1 amide bonds. The molecule has 9 heteroatoms. The number of carbonyl (C=O) groups excluding carboxylic acids is 1. The number of halogens is 5. The van der Waals surface area contributed by atoms with Crippen molar-refractivity contribution in [2.24, 2.45) is 0 Å². The Morgan fingerprint density at radius 1 is 1.14 bits per heavy atom. The Kier molecular flexibility index (Phi) is 4.83. The molecule has 28 heavy (non-hydrogen) atoms. The van der Waals surface area contributed by atoms with Crippen molar-refractivity contribution in [1.29, 1.82) is 0 Å². The number of fused-ring (bicyclic) bond motifs is 5. The Bertz CT molecular complexity index is 936. The Labute approximate surface area is 169 Å². The molecule has 2 aliphatic heterocycles. The van der Waals surface area contributed by atoms with Gasteiger partial charge >= 0.3 is 12.1 Å². The van der Waals surface area contributed by atoms with E-state index >= 15 is 0 Å². The number of anilines is 1. The van der Waals surface area contributed by atoms with Gasteiger partial charge in [0, 0.05) is 18.2 Å². The molecule has 0 unspecified atom stereocenters. The van der Waals surface area contributed by atoms with Crippen molar-refractivity contribution in [3.05, 3.63) is 52.0 Å². The minimum atomic E-state index is -4.95. The molecule has 1 fully saturated rings. The van der Waals surface area contributed by atoms with Gasteiger partial charge in [0.05, 0.1) is 27.8 Å². The fourth-order valence-electron chi connectivity index (χ4n) is 3.81. The summed E-state index contributed by atoms with van der Waals surface area (Å²) in [4.78, 5) is 13.5. The molecule has 0 aliphatic carbocycles. The van der Waals surface area contributed by atoms with Crippen LogP contribution in [-0.2, 0) is 4.79 Å². The van der Waals surface area contributed by atoms with Gasteiger partial charge < -0.3 is 15.0 Å². The summed E-state index contributed by atoms with van der Waals surface area (Å²) in [5.74, 6) is -0.980. The zero-order chi connectivity index (χ0) is 20.1. The lowest BCUT2D eigenvalue weighted by atomic mass is 9.89. The third-order valence-electron chi connectivity index (χ3n) is 4.97. The zero-order valence-electron chi connectivity index (χ0n) is 14.4. The molecule has 2 aromatic carbocycles. The number of rotatable bonds is 1. The van der Waals surface area contributed by atoms with Crippen LogP contribution in [0, 0.1) is 0 Å². The predicted molar refractivity (Wildman–Crippen MR) is 100 cm³/mol. The van der Waals surface area contributed by atoms with Crippen LogP contribution in [0.3, 0.4) is 0 Å². The van der Waals surface area contributed by atoms with E-state index in [0.29, 0.717) is 52.2 Å². The Hall–Kier alpha value is -2.12.